The van der Waals surface area contributed by atoms with Crippen molar-refractivity contribution in [1.29, 1.82) is 0 Å². The SMILES string of the molecule is CCCCNC(=O)c1n[nH]c(C)c1C. The molecule has 0 radical (unpaired) electrons. The van der Waals surface area contributed by atoms with Crippen molar-refractivity contribution in [3.63, 3.8) is 0 Å². The number of rotatable bonds is 4. The molecule has 0 aliphatic carbocycles. The second-order valence-corrected chi connectivity index (χ2v) is 3.43. The molecular weight excluding hydrogens is 178 g/mol. The molecule has 4 heteroatoms. The molecule has 4 nitrogen and oxygen atoms in total. The van der Waals surface area contributed by atoms with Gasteiger partial charge in [-0.05, 0) is 20.3 Å². The maximum Gasteiger partial charge on any atom is 0.272 e. The molecule has 0 bridgehead atoms. The molecule has 0 aliphatic rings. The van der Waals surface area contributed by atoms with E-state index in [1.807, 2.05) is 13.8 Å². The van der Waals surface area contributed by atoms with Crippen LogP contribution >= 0.6 is 0 Å². The van der Waals surface area contributed by atoms with Gasteiger partial charge in [-0.25, -0.2) is 0 Å². The van der Waals surface area contributed by atoms with E-state index in [-0.39, 0.29) is 5.91 Å². The predicted molar refractivity (Wildman–Crippen MR) is 55.3 cm³/mol. The van der Waals surface area contributed by atoms with Gasteiger partial charge in [-0.3, -0.25) is 9.89 Å². The Balaban J connectivity index is 2.56. The first kappa shape index (κ1) is 10.8. The molecule has 0 saturated heterocycles. The predicted octanol–water partition coefficient (Wildman–Crippen LogP) is 1.56. The van der Waals surface area contributed by atoms with Gasteiger partial charge in [0, 0.05) is 17.8 Å². The number of hydrogen-bond donors (Lipinski definition) is 2. The van der Waals surface area contributed by atoms with E-state index in [4.69, 9.17) is 0 Å². The van der Waals surface area contributed by atoms with Gasteiger partial charge < -0.3 is 5.32 Å². The van der Waals surface area contributed by atoms with Crippen molar-refractivity contribution in [3.8, 4) is 0 Å². The number of aromatic nitrogens is 2. The minimum absolute atomic E-state index is 0.0831. The van der Waals surface area contributed by atoms with Crippen LogP contribution in [0.4, 0.5) is 0 Å². The van der Waals surface area contributed by atoms with E-state index in [1.165, 1.54) is 0 Å². The van der Waals surface area contributed by atoms with Gasteiger partial charge in [0.15, 0.2) is 5.69 Å². The average Bonchev–Trinajstić information content (AvgIpc) is 2.48. The number of nitrogens with zero attached hydrogens (tertiary/aromatic N) is 1. The minimum atomic E-state index is -0.0831. The molecule has 0 aliphatic heterocycles. The summed E-state index contributed by atoms with van der Waals surface area (Å²) in [6.45, 7) is 6.62. The Morgan fingerprint density at radius 3 is 2.71 bits per heavy atom. The standard InChI is InChI=1S/C10H17N3O/c1-4-5-6-11-10(14)9-7(2)8(3)12-13-9/h4-6H2,1-3H3,(H,11,14)(H,12,13). The van der Waals surface area contributed by atoms with E-state index in [2.05, 4.69) is 22.4 Å². The second-order valence-electron chi connectivity index (χ2n) is 3.43. The lowest BCUT2D eigenvalue weighted by Gasteiger charge is -2.01. The highest BCUT2D eigenvalue weighted by atomic mass is 16.1. The van der Waals surface area contributed by atoms with Crippen LogP contribution in [0.2, 0.25) is 0 Å². The number of carbonyl (C=O) groups is 1. The molecule has 1 amide bonds. The first-order valence-corrected chi connectivity index (χ1v) is 4.96. The van der Waals surface area contributed by atoms with E-state index >= 15 is 0 Å². The fraction of sp³-hybridized carbons (Fsp3) is 0.600. The lowest BCUT2D eigenvalue weighted by Crippen LogP contribution is -2.25. The Morgan fingerprint density at radius 1 is 1.50 bits per heavy atom. The lowest BCUT2D eigenvalue weighted by molar-refractivity contribution is 0.0947. The first-order chi connectivity index (χ1) is 6.66. The van der Waals surface area contributed by atoms with Crippen LogP contribution in [-0.2, 0) is 0 Å². The summed E-state index contributed by atoms with van der Waals surface area (Å²) in [6, 6.07) is 0. The monoisotopic (exact) mass is 195 g/mol. The molecule has 14 heavy (non-hydrogen) atoms. The number of aryl methyl sites for hydroxylation is 1. The van der Waals surface area contributed by atoms with Crippen LogP contribution < -0.4 is 5.32 Å². The summed E-state index contributed by atoms with van der Waals surface area (Å²) in [7, 11) is 0. The first-order valence-electron chi connectivity index (χ1n) is 4.96. The molecule has 1 aromatic heterocycles. The highest BCUT2D eigenvalue weighted by Gasteiger charge is 2.12. The summed E-state index contributed by atoms with van der Waals surface area (Å²) in [5, 5.41) is 9.59. The molecule has 0 fully saturated rings. The number of nitrogens with one attached hydrogen (secondary N) is 2. The van der Waals surface area contributed by atoms with Crippen molar-refractivity contribution in [2.75, 3.05) is 6.54 Å². The number of hydrogen-bond acceptors (Lipinski definition) is 2. The molecule has 1 rings (SSSR count). The van der Waals surface area contributed by atoms with Crippen LogP contribution in [0.1, 0.15) is 41.5 Å². The Labute approximate surface area is 84.1 Å². The quantitative estimate of drug-likeness (QED) is 0.716. The van der Waals surface area contributed by atoms with Crippen LogP contribution in [0.5, 0.6) is 0 Å². The molecule has 0 unspecified atom stereocenters. The lowest BCUT2D eigenvalue weighted by atomic mass is 10.2. The molecular formula is C10H17N3O. The summed E-state index contributed by atoms with van der Waals surface area (Å²) in [5.41, 5.74) is 2.39. The van der Waals surface area contributed by atoms with Gasteiger partial charge in [-0.15, -0.1) is 0 Å². The van der Waals surface area contributed by atoms with Gasteiger partial charge in [0.2, 0.25) is 0 Å². The van der Waals surface area contributed by atoms with Crippen LogP contribution in [0.3, 0.4) is 0 Å². The minimum Gasteiger partial charge on any atom is -0.351 e. The van der Waals surface area contributed by atoms with Crippen LogP contribution in [0, 0.1) is 13.8 Å². The van der Waals surface area contributed by atoms with Crippen LogP contribution in [-0.4, -0.2) is 22.6 Å². The van der Waals surface area contributed by atoms with Crippen molar-refractivity contribution in [3.05, 3.63) is 17.0 Å². The third-order valence-corrected chi connectivity index (χ3v) is 2.28. The fourth-order valence-electron chi connectivity index (χ4n) is 1.17. The second kappa shape index (κ2) is 4.79. The van der Waals surface area contributed by atoms with Gasteiger partial charge in [-0.1, -0.05) is 13.3 Å². The Kier molecular flexibility index (Phi) is 3.68. The van der Waals surface area contributed by atoms with E-state index in [9.17, 15) is 4.79 Å². The average molecular weight is 195 g/mol. The van der Waals surface area contributed by atoms with E-state index in [0.29, 0.717) is 5.69 Å². The van der Waals surface area contributed by atoms with Gasteiger partial charge >= 0.3 is 0 Å². The molecule has 2 N–H and O–H groups in total. The normalized spacial score (nSPS) is 10.2. The van der Waals surface area contributed by atoms with Crippen molar-refractivity contribution in [2.45, 2.75) is 33.6 Å². The van der Waals surface area contributed by atoms with E-state index in [1.54, 1.807) is 0 Å². The molecule has 1 aromatic rings. The summed E-state index contributed by atoms with van der Waals surface area (Å²) in [4.78, 5) is 11.6. The maximum atomic E-state index is 11.6. The number of carbonyl (C=O) groups excluding carboxylic acids is 1. The highest BCUT2D eigenvalue weighted by molar-refractivity contribution is 5.93. The summed E-state index contributed by atoms with van der Waals surface area (Å²) in [5.74, 6) is -0.0831. The molecule has 0 aromatic carbocycles. The molecule has 0 saturated carbocycles. The topological polar surface area (TPSA) is 57.8 Å². The number of H-pyrrole nitrogens is 1. The van der Waals surface area contributed by atoms with Gasteiger partial charge in [0.05, 0.1) is 0 Å². The Hall–Kier alpha value is -1.32. The Morgan fingerprint density at radius 2 is 2.21 bits per heavy atom. The van der Waals surface area contributed by atoms with Crippen LogP contribution in [0.25, 0.3) is 0 Å². The smallest absolute Gasteiger partial charge is 0.272 e. The zero-order valence-corrected chi connectivity index (χ0v) is 8.98. The largest absolute Gasteiger partial charge is 0.351 e. The number of unbranched alkanes of at least 4 members (excludes halogenated alkanes) is 1. The third-order valence-electron chi connectivity index (χ3n) is 2.28. The van der Waals surface area contributed by atoms with Crippen molar-refractivity contribution < 1.29 is 4.79 Å². The number of amides is 1. The van der Waals surface area contributed by atoms with Gasteiger partial charge in [-0.2, -0.15) is 5.10 Å². The summed E-state index contributed by atoms with van der Waals surface area (Å²) < 4.78 is 0. The maximum absolute atomic E-state index is 11.6. The molecule has 0 atom stereocenters. The molecule has 78 valence electrons. The van der Waals surface area contributed by atoms with E-state index in [0.717, 1.165) is 30.6 Å². The third kappa shape index (κ3) is 2.34. The van der Waals surface area contributed by atoms with Crippen LogP contribution in [0.15, 0.2) is 0 Å². The summed E-state index contributed by atoms with van der Waals surface area (Å²) in [6.07, 6.45) is 2.09. The zero-order chi connectivity index (χ0) is 10.6. The Bertz CT molecular complexity index is 317. The van der Waals surface area contributed by atoms with E-state index < -0.39 is 0 Å². The van der Waals surface area contributed by atoms with Crippen molar-refractivity contribution in [2.24, 2.45) is 0 Å². The fourth-order valence-corrected chi connectivity index (χ4v) is 1.17. The van der Waals surface area contributed by atoms with Crippen molar-refractivity contribution >= 4 is 5.91 Å². The van der Waals surface area contributed by atoms with Gasteiger partial charge in [0.1, 0.15) is 0 Å². The van der Waals surface area contributed by atoms with Gasteiger partial charge in [0.25, 0.3) is 5.91 Å². The number of aromatic amines is 1. The van der Waals surface area contributed by atoms with Crippen molar-refractivity contribution in [1.82, 2.24) is 15.5 Å². The zero-order valence-electron chi connectivity index (χ0n) is 8.98. The molecule has 1 heterocycles. The molecule has 0 spiro atoms. The summed E-state index contributed by atoms with van der Waals surface area (Å²) >= 11 is 0. The highest BCUT2D eigenvalue weighted by Crippen LogP contribution is 2.07.